The summed E-state index contributed by atoms with van der Waals surface area (Å²) in [4.78, 5) is 12.5. The summed E-state index contributed by atoms with van der Waals surface area (Å²) in [6.07, 6.45) is 0. The molecule has 0 fully saturated rings. The zero-order valence-corrected chi connectivity index (χ0v) is 15.5. The van der Waals surface area contributed by atoms with Crippen LogP contribution in [0.1, 0.15) is 15.9 Å². The van der Waals surface area contributed by atoms with E-state index in [0.29, 0.717) is 11.1 Å². The van der Waals surface area contributed by atoms with Crippen molar-refractivity contribution < 1.29 is 17.6 Å². The lowest BCUT2D eigenvalue weighted by Crippen LogP contribution is -2.30. The molecule has 0 aliphatic heterocycles. The minimum atomic E-state index is -3.84. The fourth-order valence-electron chi connectivity index (χ4n) is 2.72. The van der Waals surface area contributed by atoms with Gasteiger partial charge in [0.05, 0.1) is 17.0 Å². The van der Waals surface area contributed by atoms with Gasteiger partial charge in [-0.05, 0) is 30.7 Å². The van der Waals surface area contributed by atoms with Crippen LogP contribution in [-0.4, -0.2) is 20.7 Å². The van der Waals surface area contributed by atoms with E-state index in [1.165, 1.54) is 18.2 Å². The van der Waals surface area contributed by atoms with Gasteiger partial charge in [0.25, 0.3) is 0 Å². The quantitative estimate of drug-likeness (QED) is 0.656. The van der Waals surface area contributed by atoms with E-state index >= 15 is 0 Å². The van der Waals surface area contributed by atoms with E-state index in [1.54, 1.807) is 36.4 Å². The summed E-state index contributed by atoms with van der Waals surface area (Å²) in [5.41, 5.74) is 1.78. The average Bonchev–Trinajstić information content (AvgIpc) is 2.67. The number of halogens is 1. The number of ketones is 1. The van der Waals surface area contributed by atoms with Crippen LogP contribution in [-0.2, 0) is 10.0 Å². The maximum Gasteiger partial charge on any atom is 0.240 e. The van der Waals surface area contributed by atoms with Gasteiger partial charge in [-0.2, -0.15) is 0 Å². The Bertz CT molecular complexity index is 1080. The second-order valence-electron chi connectivity index (χ2n) is 6.10. The lowest BCUT2D eigenvalue weighted by molar-refractivity contribution is 0.0993. The molecule has 0 radical (unpaired) electrons. The van der Waals surface area contributed by atoms with E-state index in [-0.39, 0.29) is 10.5 Å². The van der Waals surface area contributed by atoms with E-state index in [1.807, 2.05) is 25.1 Å². The summed E-state index contributed by atoms with van der Waals surface area (Å²) in [7, 11) is -3.84. The highest BCUT2D eigenvalue weighted by Gasteiger charge is 2.19. The Balaban J connectivity index is 1.83. The SMILES string of the molecule is Cc1cccc(-c2cccc(C(=O)CNS(=O)(=O)c3ccccc3)c2F)c1. The molecule has 4 nitrogen and oxygen atoms in total. The van der Waals surface area contributed by atoms with Crippen LogP contribution < -0.4 is 4.72 Å². The molecule has 0 saturated carbocycles. The molecule has 1 N–H and O–H groups in total. The van der Waals surface area contributed by atoms with Crippen LogP contribution in [0, 0.1) is 12.7 Å². The number of hydrogen-bond acceptors (Lipinski definition) is 3. The van der Waals surface area contributed by atoms with Gasteiger partial charge in [-0.3, -0.25) is 4.79 Å². The van der Waals surface area contributed by atoms with Gasteiger partial charge in [0, 0.05) is 5.56 Å². The average molecular weight is 383 g/mol. The molecule has 138 valence electrons. The highest BCUT2D eigenvalue weighted by Crippen LogP contribution is 2.26. The first-order chi connectivity index (χ1) is 12.9. The molecule has 0 bridgehead atoms. The fraction of sp³-hybridized carbons (Fsp3) is 0.0952. The van der Waals surface area contributed by atoms with Gasteiger partial charge >= 0.3 is 0 Å². The monoisotopic (exact) mass is 383 g/mol. The lowest BCUT2D eigenvalue weighted by Gasteiger charge is -2.10. The third-order valence-corrected chi connectivity index (χ3v) is 5.52. The van der Waals surface area contributed by atoms with Crippen LogP contribution in [0.15, 0.2) is 77.7 Å². The van der Waals surface area contributed by atoms with Gasteiger partial charge in [0.15, 0.2) is 5.78 Å². The number of carbonyl (C=O) groups excluding carboxylic acids is 1. The number of carbonyl (C=O) groups is 1. The van der Waals surface area contributed by atoms with Crippen molar-refractivity contribution in [2.24, 2.45) is 0 Å². The van der Waals surface area contributed by atoms with Gasteiger partial charge in [-0.25, -0.2) is 17.5 Å². The molecular weight excluding hydrogens is 365 g/mol. The Hall–Kier alpha value is -2.83. The topological polar surface area (TPSA) is 63.2 Å². The Labute approximate surface area is 157 Å². The highest BCUT2D eigenvalue weighted by atomic mass is 32.2. The summed E-state index contributed by atoms with van der Waals surface area (Å²) in [6, 6.07) is 19.5. The molecule has 0 heterocycles. The van der Waals surface area contributed by atoms with E-state index in [0.717, 1.165) is 5.56 Å². The molecule has 0 atom stereocenters. The minimum Gasteiger partial charge on any atom is -0.293 e. The van der Waals surface area contributed by atoms with Gasteiger partial charge in [0.1, 0.15) is 5.82 Å². The van der Waals surface area contributed by atoms with E-state index in [4.69, 9.17) is 0 Å². The number of hydrogen-bond donors (Lipinski definition) is 1. The van der Waals surface area contributed by atoms with Crippen molar-refractivity contribution in [2.45, 2.75) is 11.8 Å². The first kappa shape index (κ1) is 18.9. The summed E-state index contributed by atoms with van der Waals surface area (Å²) in [5, 5.41) is 0. The lowest BCUT2D eigenvalue weighted by atomic mass is 9.99. The number of benzene rings is 3. The molecule has 3 rings (SSSR count). The van der Waals surface area contributed by atoms with Gasteiger partial charge in [-0.15, -0.1) is 0 Å². The van der Waals surface area contributed by atoms with Crippen LogP contribution >= 0.6 is 0 Å². The van der Waals surface area contributed by atoms with Gasteiger partial charge in [-0.1, -0.05) is 60.2 Å². The Morgan fingerprint density at radius 3 is 2.37 bits per heavy atom. The van der Waals surface area contributed by atoms with Crippen LogP contribution in [0.5, 0.6) is 0 Å². The molecule has 0 spiro atoms. The Kier molecular flexibility index (Phi) is 5.48. The summed E-state index contributed by atoms with van der Waals surface area (Å²) >= 11 is 0. The first-order valence-corrected chi connectivity index (χ1v) is 9.80. The van der Waals surface area contributed by atoms with E-state index < -0.39 is 28.2 Å². The molecule has 27 heavy (non-hydrogen) atoms. The minimum absolute atomic E-state index is 0.0479. The van der Waals surface area contributed by atoms with Crippen molar-refractivity contribution in [1.82, 2.24) is 4.72 Å². The van der Waals surface area contributed by atoms with Gasteiger partial charge < -0.3 is 0 Å². The second kappa shape index (κ2) is 7.82. The predicted molar refractivity (Wildman–Crippen MR) is 103 cm³/mol. The number of rotatable bonds is 6. The molecule has 0 aliphatic carbocycles. The molecule has 0 amide bonds. The Morgan fingerprint density at radius 1 is 0.963 bits per heavy atom. The third kappa shape index (κ3) is 4.30. The maximum absolute atomic E-state index is 14.9. The van der Waals surface area contributed by atoms with Crippen molar-refractivity contribution in [3.8, 4) is 11.1 Å². The largest absolute Gasteiger partial charge is 0.293 e. The van der Waals surface area contributed by atoms with E-state index in [2.05, 4.69) is 4.72 Å². The summed E-state index contributed by atoms with van der Waals surface area (Å²) in [6.45, 7) is 1.38. The zero-order valence-electron chi connectivity index (χ0n) is 14.6. The smallest absolute Gasteiger partial charge is 0.240 e. The number of aryl methyl sites for hydroxylation is 1. The van der Waals surface area contributed by atoms with Crippen molar-refractivity contribution in [3.05, 3.63) is 89.7 Å². The molecule has 0 aliphatic rings. The number of nitrogens with one attached hydrogen (secondary N) is 1. The molecule has 3 aromatic carbocycles. The molecule has 0 unspecified atom stereocenters. The second-order valence-corrected chi connectivity index (χ2v) is 7.86. The van der Waals surface area contributed by atoms with Crippen molar-refractivity contribution in [1.29, 1.82) is 0 Å². The van der Waals surface area contributed by atoms with Crippen LogP contribution in [0.2, 0.25) is 0 Å². The molecular formula is C21H18FNO3S. The zero-order chi connectivity index (χ0) is 19.4. The van der Waals surface area contributed by atoms with Crippen LogP contribution in [0.25, 0.3) is 11.1 Å². The predicted octanol–water partition coefficient (Wildman–Crippen LogP) is 3.96. The van der Waals surface area contributed by atoms with Crippen LogP contribution in [0.4, 0.5) is 4.39 Å². The standard InChI is InChI=1S/C21H18FNO3S/c1-15-7-5-8-16(13-15)18-11-6-12-19(21(18)22)20(24)14-23-27(25,26)17-9-3-2-4-10-17/h2-13,23H,14H2,1H3. The molecule has 0 aromatic heterocycles. The fourth-order valence-corrected chi connectivity index (χ4v) is 3.72. The van der Waals surface area contributed by atoms with E-state index in [9.17, 15) is 17.6 Å². The van der Waals surface area contributed by atoms with Crippen molar-refractivity contribution >= 4 is 15.8 Å². The third-order valence-electron chi connectivity index (χ3n) is 4.10. The van der Waals surface area contributed by atoms with Crippen molar-refractivity contribution in [2.75, 3.05) is 6.54 Å². The Morgan fingerprint density at radius 2 is 1.67 bits per heavy atom. The maximum atomic E-state index is 14.9. The first-order valence-electron chi connectivity index (χ1n) is 8.32. The van der Waals surface area contributed by atoms with Gasteiger partial charge in [0.2, 0.25) is 10.0 Å². The normalized spacial score (nSPS) is 11.3. The number of Topliss-reactive ketones (excluding diaryl/α,β-unsaturated/α-hetero) is 1. The summed E-state index contributed by atoms with van der Waals surface area (Å²) < 4.78 is 41.6. The highest BCUT2D eigenvalue weighted by molar-refractivity contribution is 7.89. The molecule has 6 heteroatoms. The van der Waals surface area contributed by atoms with Crippen LogP contribution in [0.3, 0.4) is 0 Å². The molecule has 3 aromatic rings. The summed E-state index contributed by atoms with van der Waals surface area (Å²) in [5.74, 6) is -1.30. The molecule has 0 saturated heterocycles. The van der Waals surface area contributed by atoms with Crippen molar-refractivity contribution in [3.63, 3.8) is 0 Å². The number of sulfonamides is 1.